The van der Waals surface area contributed by atoms with E-state index in [9.17, 15) is 22.8 Å². The first kappa shape index (κ1) is 26.5. The molecule has 1 saturated heterocycles. The number of hydrogen-bond donors (Lipinski definition) is 1. The number of anilines is 1. The van der Waals surface area contributed by atoms with Crippen molar-refractivity contribution in [1.82, 2.24) is 29.3 Å². The lowest BCUT2D eigenvalue weighted by Crippen LogP contribution is -2.51. The van der Waals surface area contributed by atoms with Crippen LogP contribution in [0.15, 0.2) is 55.1 Å². The highest BCUT2D eigenvalue weighted by atomic mass is 32.2. The largest absolute Gasteiger partial charge is 0.353 e. The molecule has 1 N–H and O–H groups in total. The van der Waals surface area contributed by atoms with Crippen molar-refractivity contribution in [3.63, 3.8) is 0 Å². The van der Waals surface area contributed by atoms with Gasteiger partial charge in [-0.3, -0.25) is 15.0 Å². The molecule has 0 spiro atoms. The van der Waals surface area contributed by atoms with Crippen LogP contribution in [0.2, 0.25) is 0 Å². The van der Waals surface area contributed by atoms with Crippen LogP contribution in [-0.2, 0) is 21.2 Å². The molecule has 4 rings (SSSR count). The number of piperazine rings is 1. The van der Waals surface area contributed by atoms with Gasteiger partial charge in [-0.05, 0) is 43.2 Å². The highest BCUT2D eigenvalue weighted by Crippen LogP contribution is 2.20. The van der Waals surface area contributed by atoms with E-state index in [4.69, 9.17) is 0 Å². The van der Waals surface area contributed by atoms with Gasteiger partial charge in [0.05, 0.1) is 18.1 Å². The van der Waals surface area contributed by atoms with Crippen molar-refractivity contribution in [1.29, 1.82) is 0 Å². The second-order valence-corrected chi connectivity index (χ2v) is 10.5. The Morgan fingerprint density at radius 2 is 1.68 bits per heavy atom. The van der Waals surface area contributed by atoms with Crippen LogP contribution in [-0.4, -0.2) is 87.3 Å². The first-order valence-corrected chi connectivity index (χ1v) is 13.5. The number of benzene rings is 1. The molecule has 0 aliphatic carbocycles. The van der Waals surface area contributed by atoms with E-state index in [0.29, 0.717) is 54.8 Å². The summed E-state index contributed by atoms with van der Waals surface area (Å²) >= 11 is 0. The van der Waals surface area contributed by atoms with Crippen LogP contribution in [0.25, 0.3) is 11.3 Å². The Bertz CT molecular complexity index is 1270. The summed E-state index contributed by atoms with van der Waals surface area (Å²) in [4.78, 5) is 31.2. The van der Waals surface area contributed by atoms with E-state index in [0.717, 1.165) is 5.56 Å². The Labute approximate surface area is 214 Å². The van der Waals surface area contributed by atoms with Gasteiger partial charge < -0.3 is 4.90 Å². The summed E-state index contributed by atoms with van der Waals surface area (Å²) in [5.41, 5.74) is 1.34. The summed E-state index contributed by atoms with van der Waals surface area (Å²) in [6.07, 6.45) is 8.22. The number of halogens is 1. The SMILES string of the molecule is O=C(CS(=O)(=O)N1CCN(c2cnc(-c3ccc(F)cc3)cn2)CC1)N(O)CCCCc1ncccn1. The van der Waals surface area contributed by atoms with Gasteiger partial charge in [0.15, 0.2) is 0 Å². The second kappa shape index (κ2) is 12.1. The molecule has 37 heavy (non-hydrogen) atoms. The molecule has 1 aliphatic heterocycles. The lowest BCUT2D eigenvalue weighted by Gasteiger charge is -2.34. The molecular formula is C24H28FN7O4S. The lowest BCUT2D eigenvalue weighted by atomic mass is 10.1. The first-order valence-electron chi connectivity index (χ1n) is 11.9. The number of carbonyl (C=O) groups is 1. The zero-order valence-corrected chi connectivity index (χ0v) is 21.0. The van der Waals surface area contributed by atoms with Crippen molar-refractivity contribution in [2.24, 2.45) is 0 Å². The number of hydroxylamine groups is 2. The molecule has 1 aromatic carbocycles. The summed E-state index contributed by atoms with van der Waals surface area (Å²) < 4.78 is 39.9. The number of hydrogen-bond acceptors (Lipinski definition) is 9. The zero-order valence-electron chi connectivity index (χ0n) is 20.1. The van der Waals surface area contributed by atoms with Crippen LogP contribution in [0.1, 0.15) is 18.7 Å². The highest BCUT2D eigenvalue weighted by Gasteiger charge is 2.31. The molecule has 0 radical (unpaired) electrons. The average molecular weight is 530 g/mol. The summed E-state index contributed by atoms with van der Waals surface area (Å²) in [5.74, 6) is -0.710. The standard InChI is InChI=1S/C24H28FN7O4S/c25-20-7-5-19(6-8-20)21-16-29-23(17-28-21)30-12-14-31(15-13-30)37(35,36)18-24(33)32(34)11-2-1-4-22-26-9-3-10-27-22/h3,5-10,16-17,34H,1-2,4,11-15,18H2. The first-order chi connectivity index (χ1) is 17.8. The molecule has 1 fully saturated rings. The summed E-state index contributed by atoms with van der Waals surface area (Å²) in [5, 5.41) is 10.5. The Kier molecular flexibility index (Phi) is 8.69. The molecular weight excluding hydrogens is 501 g/mol. The molecule has 196 valence electrons. The number of sulfonamides is 1. The van der Waals surface area contributed by atoms with Crippen molar-refractivity contribution in [3.05, 3.63) is 66.8 Å². The van der Waals surface area contributed by atoms with E-state index in [-0.39, 0.29) is 25.5 Å². The van der Waals surface area contributed by atoms with Gasteiger partial charge in [-0.2, -0.15) is 4.31 Å². The van der Waals surface area contributed by atoms with Gasteiger partial charge in [-0.1, -0.05) is 0 Å². The Hall–Kier alpha value is -3.55. The third-order valence-electron chi connectivity index (χ3n) is 5.97. The third kappa shape index (κ3) is 7.24. The Morgan fingerprint density at radius 3 is 2.32 bits per heavy atom. The molecule has 3 aromatic rings. The van der Waals surface area contributed by atoms with Crippen molar-refractivity contribution < 1.29 is 22.8 Å². The van der Waals surface area contributed by atoms with Crippen LogP contribution in [0.5, 0.6) is 0 Å². The Morgan fingerprint density at radius 1 is 0.973 bits per heavy atom. The fourth-order valence-electron chi connectivity index (χ4n) is 3.90. The zero-order chi connectivity index (χ0) is 26.3. The quantitative estimate of drug-likeness (QED) is 0.237. The van der Waals surface area contributed by atoms with Gasteiger partial charge >= 0.3 is 0 Å². The molecule has 2 aromatic heterocycles. The van der Waals surface area contributed by atoms with E-state index in [1.807, 2.05) is 4.90 Å². The predicted octanol–water partition coefficient (Wildman–Crippen LogP) is 1.77. The van der Waals surface area contributed by atoms with Gasteiger partial charge in [-0.15, -0.1) is 0 Å². The number of rotatable bonds is 10. The van der Waals surface area contributed by atoms with Crippen molar-refractivity contribution >= 4 is 21.7 Å². The topological polar surface area (TPSA) is 133 Å². The number of carbonyl (C=O) groups excluding carboxylic acids is 1. The minimum atomic E-state index is -3.88. The smallest absolute Gasteiger partial charge is 0.262 e. The number of aryl methyl sites for hydroxylation is 1. The van der Waals surface area contributed by atoms with Crippen molar-refractivity contribution in [3.8, 4) is 11.3 Å². The Balaban J connectivity index is 1.22. The predicted molar refractivity (Wildman–Crippen MR) is 133 cm³/mol. The van der Waals surface area contributed by atoms with E-state index in [2.05, 4.69) is 19.9 Å². The summed E-state index contributed by atoms with van der Waals surface area (Å²) in [6.45, 7) is 1.14. The van der Waals surface area contributed by atoms with Gasteiger partial charge in [-0.25, -0.2) is 32.8 Å². The number of amides is 1. The molecule has 1 aliphatic rings. The third-order valence-corrected chi connectivity index (χ3v) is 7.73. The lowest BCUT2D eigenvalue weighted by molar-refractivity contribution is -0.162. The number of nitrogens with zero attached hydrogens (tertiary/aromatic N) is 7. The molecule has 13 heteroatoms. The van der Waals surface area contributed by atoms with E-state index < -0.39 is 21.7 Å². The summed E-state index contributed by atoms with van der Waals surface area (Å²) in [7, 11) is -3.88. The fourth-order valence-corrected chi connectivity index (χ4v) is 5.26. The normalized spacial score (nSPS) is 14.5. The number of aromatic nitrogens is 4. The van der Waals surface area contributed by atoms with E-state index >= 15 is 0 Å². The van der Waals surface area contributed by atoms with E-state index in [1.165, 1.54) is 16.4 Å². The van der Waals surface area contributed by atoms with Gasteiger partial charge in [0.25, 0.3) is 5.91 Å². The minimum Gasteiger partial charge on any atom is -0.353 e. The molecule has 0 atom stereocenters. The minimum absolute atomic E-state index is 0.0293. The van der Waals surface area contributed by atoms with Crippen LogP contribution >= 0.6 is 0 Å². The van der Waals surface area contributed by atoms with Crippen LogP contribution in [0, 0.1) is 5.82 Å². The molecule has 0 unspecified atom stereocenters. The second-order valence-electron chi connectivity index (χ2n) is 8.55. The fraction of sp³-hybridized carbons (Fsp3) is 0.375. The van der Waals surface area contributed by atoms with Gasteiger partial charge in [0, 0.05) is 57.1 Å². The van der Waals surface area contributed by atoms with Crippen molar-refractivity contribution in [2.75, 3.05) is 43.4 Å². The summed E-state index contributed by atoms with van der Waals surface area (Å²) in [6, 6.07) is 7.67. The van der Waals surface area contributed by atoms with E-state index in [1.54, 1.807) is 43.0 Å². The van der Waals surface area contributed by atoms with Gasteiger partial charge in [0.2, 0.25) is 10.0 Å². The monoisotopic (exact) mass is 529 g/mol. The van der Waals surface area contributed by atoms with Crippen LogP contribution in [0.4, 0.5) is 10.2 Å². The molecule has 1 amide bonds. The maximum absolute atomic E-state index is 13.1. The van der Waals surface area contributed by atoms with Crippen LogP contribution < -0.4 is 4.90 Å². The molecule has 0 bridgehead atoms. The highest BCUT2D eigenvalue weighted by molar-refractivity contribution is 7.89. The number of unbranched alkanes of at least 4 members (excludes halogenated alkanes) is 1. The van der Waals surface area contributed by atoms with Gasteiger partial charge in [0.1, 0.15) is 23.2 Å². The molecule has 0 saturated carbocycles. The average Bonchev–Trinajstić information content (AvgIpc) is 2.92. The maximum atomic E-state index is 13.1. The molecule has 11 nitrogen and oxygen atoms in total. The van der Waals surface area contributed by atoms with Crippen molar-refractivity contribution in [2.45, 2.75) is 19.3 Å². The van der Waals surface area contributed by atoms with Crippen LogP contribution in [0.3, 0.4) is 0 Å². The maximum Gasteiger partial charge on any atom is 0.262 e. The molecule has 3 heterocycles.